The Bertz CT molecular complexity index is 228. The first-order chi connectivity index (χ1) is 6.68. The number of allylic oxidation sites excluding steroid dienone is 3. The van der Waals surface area contributed by atoms with E-state index in [9.17, 15) is 0 Å². The van der Waals surface area contributed by atoms with Gasteiger partial charge >= 0.3 is 0 Å². The van der Waals surface area contributed by atoms with E-state index in [1.165, 1.54) is 24.0 Å². The van der Waals surface area contributed by atoms with Crippen molar-refractivity contribution in [3.05, 3.63) is 23.3 Å². The molecule has 0 bridgehead atoms. The predicted octanol–water partition coefficient (Wildman–Crippen LogP) is 2.01. The Labute approximate surface area is 86.7 Å². The van der Waals surface area contributed by atoms with Crippen molar-refractivity contribution in [3.8, 4) is 0 Å². The van der Waals surface area contributed by atoms with Crippen LogP contribution in [0.3, 0.4) is 0 Å². The van der Waals surface area contributed by atoms with Crippen molar-refractivity contribution in [2.45, 2.75) is 39.2 Å². The molecule has 1 unspecified atom stereocenters. The Hall–Kier alpha value is -0.600. The van der Waals surface area contributed by atoms with Crippen LogP contribution in [-0.2, 0) is 0 Å². The second-order valence-corrected chi connectivity index (χ2v) is 4.15. The topological polar surface area (TPSA) is 32.3 Å². The number of hydrogen-bond donors (Lipinski definition) is 2. The molecule has 0 heterocycles. The van der Waals surface area contributed by atoms with Gasteiger partial charge in [0.05, 0.1) is 6.10 Å². The van der Waals surface area contributed by atoms with E-state index >= 15 is 0 Å². The van der Waals surface area contributed by atoms with Crippen LogP contribution in [0.1, 0.15) is 33.1 Å². The molecule has 0 fully saturated rings. The molecule has 0 radical (unpaired) electrons. The summed E-state index contributed by atoms with van der Waals surface area (Å²) in [5, 5.41) is 12.4. The molecule has 0 aromatic carbocycles. The molecule has 2 N–H and O–H groups in total. The van der Waals surface area contributed by atoms with Gasteiger partial charge < -0.3 is 10.4 Å². The highest BCUT2D eigenvalue weighted by atomic mass is 16.3. The summed E-state index contributed by atoms with van der Waals surface area (Å²) in [4.78, 5) is 0. The lowest BCUT2D eigenvalue weighted by atomic mass is 9.99. The van der Waals surface area contributed by atoms with Crippen LogP contribution in [-0.4, -0.2) is 24.3 Å². The lowest BCUT2D eigenvalue weighted by Gasteiger charge is -2.13. The molecule has 1 aliphatic carbocycles. The molecule has 0 aromatic heterocycles. The molecular weight excluding hydrogens is 174 g/mol. The fourth-order valence-corrected chi connectivity index (χ4v) is 1.49. The van der Waals surface area contributed by atoms with E-state index in [0.29, 0.717) is 0 Å². The molecule has 0 spiro atoms. The highest BCUT2D eigenvalue weighted by Gasteiger charge is 2.02. The van der Waals surface area contributed by atoms with Crippen LogP contribution < -0.4 is 5.32 Å². The average molecular weight is 195 g/mol. The minimum Gasteiger partial charge on any atom is -0.393 e. The van der Waals surface area contributed by atoms with Crippen molar-refractivity contribution < 1.29 is 5.11 Å². The van der Waals surface area contributed by atoms with Crippen molar-refractivity contribution in [1.82, 2.24) is 5.32 Å². The van der Waals surface area contributed by atoms with Gasteiger partial charge in [-0.05, 0) is 39.7 Å². The van der Waals surface area contributed by atoms with Crippen molar-refractivity contribution >= 4 is 0 Å². The maximum absolute atomic E-state index is 9.06. The van der Waals surface area contributed by atoms with E-state index in [4.69, 9.17) is 5.11 Å². The predicted molar refractivity (Wildman–Crippen MR) is 60.2 cm³/mol. The van der Waals surface area contributed by atoms with Gasteiger partial charge in [0.15, 0.2) is 0 Å². The van der Waals surface area contributed by atoms with Gasteiger partial charge in [-0.2, -0.15) is 0 Å². The Kier molecular flexibility index (Phi) is 4.91. The first-order valence-electron chi connectivity index (χ1n) is 5.42. The first-order valence-corrected chi connectivity index (χ1v) is 5.42. The zero-order valence-corrected chi connectivity index (χ0v) is 9.21. The van der Waals surface area contributed by atoms with Gasteiger partial charge in [0.1, 0.15) is 0 Å². The lowest BCUT2D eigenvalue weighted by Crippen LogP contribution is -2.21. The third-order valence-electron chi connectivity index (χ3n) is 2.53. The number of rotatable bonds is 5. The molecule has 80 valence electrons. The second-order valence-electron chi connectivity index (χ2n) is 4.15. The first kappa shape index (κ1) is 11.5. The van der Waals surface area contributed by atoms with Crippen LogP contribution in [0.5, 0.6) is 0 Å². The number of aliphatic hydroxyl groups is 1. The van der Waals surface area contributed by atoms with Crippen LogP contribution in [0.25, 0.3) is 0 Å². The van der Waals surface area contributed by atoms with Gasteiger partial charge in [-0.3, -0.25) is 0 Å². The molecule has 14 heavy (non-hydrogen) atoms. The largest absolute Gasteiger partial charge is 0.393 e. The number of hydrogen-bond acceptors (Lipinski definition) is 2. The highest BCUT2D eigenvalue weighted by molar-refractivity contribution is 5.23. The van der Waals surface area contributed by atoms with Gasteiger partial charge in [0, 0.05) is 6.54 Å². The van der Waals surface area contributed by atoms with Gasteiger partial charge in [-0.25, -0.2) is 0 Å². The Morgan fingerprint density at radius 1 is 1.43 bits per heavy atom. The third-order valence-corrected chi connectivity index (χ3v) is 2.53. The second kappa shape index (κ2) is 5.99. The summed E-state index contributed by atoms with van der Waals surface area (Å²) < 4.78 is 0. The minimum atomic E-state index is -0.190. The Morgan fingerprint density at radius 3 is 2.79 bits per heavy atom. The molecule has 0 saturated heterocycles. The summed E-state index contributed by atoms with van der Waals surface area (Å²) in [6, 6.07) is 0. The fourth-order valence-electron chi connectivity index (χ4n) is 1.49. The quantitative estimate of drug-likeness (QED) is 0.658. The molecule has 1 rings (SSSR count). The zero-order chi connectivity index (χ0) is 10.4. The van der Waals surface area contributed by atoms with E-state index in [1.807, 2.05) is 6.92 Å². The summed E-state index contributed by atoms with van der Waals surface area (Å²) in [5.41, 5.74) is 2.94. The van der Waals surface area contributed by atoms with Crippen molar-refractivity contribution in [2.75, 3.05) is 13.1 Å². The van der Waals surface area contributed by atoms with E-state index in [1.54, 1.807) is 0 Å². The molecule has 1 aliphatic rings. The van der Waals surface area contributed by atoms with Crippen LogP contribution in [0.4, 0.5) is 0 Å². The van der Waals surface area contributed by atoms with Crippen molar-refractivity contribution in [3.63, 3.8) is 0 Å². The Morgan fingerprint density at radius 2 is 2.21 bits per heavy atom. The van der Waals surface area contributed by atoms with Crippen LogP contribution >= 0.6 is 0 Å². The molecular formula is C12H21NO. The normalized spacial score (nSPS) is 18.8. The van der Waals surface area contributed by atoms with Gasteiger partial charge in [-0.15, -0.1) is 0 Å². The molecule has 1 atom stereocenters. The summed E-state index contributed by atoms with van der Waals surface area (Å²) in [7, 11) is 0. The van der Waals surface area contributed by atoms with Crippen LogP contribution in [0.15, 0.2) is 23.3 Å². The summed E-state index contributed by atoms with van der Waals surface area (Å²) >= 11 is 0. The minimum absolute atomic E-state index is 0.190. The number of aliphatic hydroxyl groups excluding tert-OH is 1. The highest BCUT2D eigenvalue weighted by Crippen LogP contribution is 2.16. The van der Waals surface area contributed by atoms with Gasteiger partial charge in [0.2, 0.25) is 0 Å². The molecule has 0 aromatic rings. The average Bonchev–Trinajstić information content (AvgIpc) is 2.15. The van der Waals surface area contributed by atoms with Crippen molar-refractivity contribution in [2.24, 2.45) is 0 Å². The van der Waals surface area contributed by atoms with Crippen molar-refractivity contribution in [1.29, 1.82) is 0 Å². The fraction of sp³-hybridized carbons (Fsp3) is 0.667. The lowest BCUT2D eigenvalue weighted by molar-refractivity contribution is 0.184. The van der Waals surface area contributed by atoms with E-state index in [2.05, 4.69) is 24.4 Å². The summed E-state index contributed by atoms with van der Waals surface area (Å²) in [5.74, 6) is 0. The van der Waals surface area contributed by atoms with Crippen LogP contribution in [0, 0.1) is 0 Å². The monoisotopic (exact) mass is 195 g/mol. The molecule has 2 heteroatoms. The summed E-state index contributed by atoms with van der Waals surface area (Å²) in [6.07, 6.45) is 7.45. The summed E-state index contributed by atoms with van der Waals surface area (Å²) in [6.45, 7) is 5.87. The van der Waals surface area contributed by atoms with Crippen LogP contribution in [0.2, 0.25) is 0 Å². The molecule has 0 amide bonds. The SMILES string of the molecule is CC1=CC=C(CNCCC(C)O)CC1. The maximum Gasteiger partial charge on any atom is 0.0524 e. The smallest absolute Gasteiger partial charge is 0.0524 e. The zero-order valence-electron chi connectivity index (χ0n) is 9.21. The van der Waals surface area contributed by atoms with E-state index in [-0.39, 0.29) is 6.10 Å². The third kappa shape index (κ3) is 4.58. The molecule has 2 nitrogen and oxygen atoms in total. The Balaban J connectivity index is 2.13. The standard InChI is InChI=1S/C12H21NO/c1-10-3-5-12(6-4-10)9-13-8-7-11(2)14/h3,5,11,13-14H,4,6-9H2,1-2H3. The molecule has 0 aliphatic heterocycles. The van der Waals surface area contributed by atoms with E-state index in [0.717, 1.165) is 19.5 Å². The molecule has 0 saturated carbocycles. The van der Waals surface area contributed by atoms with Gasteiger partial charge in [-0.1, -0.05) is 23.3 Å². The van der Waals surface area contributed by atoms with E-state index < -0.39 is 0 Å². The maximum atomic E-state index is 9.06. The number of nitrogens with one attached hydrogen (secondary N) is 1. The van der Waals surface area contributed by atoms with Gasteiger partial charge in [0.25, 0.3) is 0 Å².